The number of ketones is 1. The van der Waals surface area contributed by atoms with Gasteiger partial charge < -0.3 is 29.0 Å². The number of amides is 1. The number of aliphatic hydroxyl groups is 1. The highest BCUT2D eigenvalue weighted by atomic mass is 35.5. The molecule has 8 nitrogen and oxygen atoms in total. The molecule has 3 aromatic carbocycles. The van der Waals surface area contributed by atoms with Crippen molar-refractivity contribution in [1.29, 1.82) is 0 Å². The van der Waals surface area contributed by atoms with E-state index in [1.807, 2.05) is 0 Å². The van der Waals surface area contributed by atoms with Crippen molar-refractivity contribution in [2.75, 3.05) is 34.5 Å². The van der Waals surface area contributed by atoms with Crippen LogP contribution < -0.4 is 18.9 Å². The number of aliphatic hydroxyl groups excluding tert-OH is 1. The fourth-order valence-corrected chi connectivity index (χ4v) is 4.36. The Hall–Kier alpha value is -4.17. The minimum absolute atomic E-state index is 0.0693. The van der Waals surface area contributed by atoms with Gasteiger partial charge in [-0.3, -0.25) is 9.59 Å². The molecular formula is C28H26ClNO7. The first kappa shape index (κ1) is 25.9. The number of halogens is 1. The van der Waals surface area contributed by atoms with E-state index < -0.39 is 17.7 Å². The molecule has 0 saturated carbocycles. The highest BCUT2D eigenvalue weighted by molar-refractivity contribution is 6.46. The molecule has 1 aliphatic rings. The topological polar surface area (TPSA) is 94.5 Å². The van der Waals surface area contributed by atoms with Gasteiger partial charge in [0.15, 0.2) is 0 Å². The number of benzene rings is 3. The zero-order valence-electron chi connectivity index (χ0n) is 20.6. The van der Waals surface area contributed by atoms with Gasteiger partial charge in [-0.05, 0) is 60.2 Å². The summed E-state index contributed by atoms with van der Waals surface area (Å²) in [6.07, 6.45) is 0. The van der Waals surface area contributed by atoms with Gasteiger partial charge in [-0.15, -0.1) is 0 Å². The van der Waals surface area contributed by atoms with Crippen molar-refractivity contribution in [3.8, 4) is 23.0 Å². The van der Waals surface area contributed by atoms with E-state index in [4.69, 9.17) is 30.5 Å². The van der Waals surface area contributed by atoms with Crippen LogP contribution in [0.5, 0.6) is 23.0 Å². The molecule has 9 heteroatoms. The third kappa shape index (κ3) is 5.34. The maximum Gasteiger partial charge on any atom is 0.295 e. The maximum atomic E-state index is 13.3. The van der Waals surface area contributed by atoms with Crippen LogP contribution in [0, 0.1) is 0 Å². The maximum absolute atomic E-state index is 13.3. The molecule has 0 spiro atoms. The second-order valence-corrected chi connectivity index (χ2v) is 8.57. The summed E-state index contributed by atoms with van der Waals surface area (Å²) in [5.74, 6) is 0.254. The predicted octanol–water partition coefficient (Wildman–Crippen LogP) is 4.87. The minimum atomic E-state index is -0.867. The monoisotopic (exact) mass is 523 g/mol. The molecule has 1 N–H and O–H groups in total. The van der Waals surface area contributed by atoms with Crippen LogP contribution in [0.4, 0.5) is 0 Å². The van der Waals surface area contributed by atoms with Crippen molar-refractivity contribution >= 4 is 29.1 Å². The second-order valence-electron chi connectivity index (χ2n) is 8.13. The van der Waals surface area contributed by atoms with Gasteiger partial charge in [-0.2, -0.15) is 0 Å². The largest absolute Gasteiger partial charge is 0.507 e. The molecule has 1 fully saturated rings. The molecule has 0 aliphatic carbocycles. The average Bonchev–Trinajstić information content (AvgIpc) is 3.18. The van der Waals surface area contributed by atoms with E-state index >= 15 is 0 Å². The second kappa shape index (κ2) is 11.3. The number of nitrogens with zero attached hydrogens (tertiary/aromatic N) is 1. The summed E-state index contributed by atoms with van der Waals surface area (Å²) >= 11 is 6.16. The van der Waals surface area contributed by atoms with Gasteiger partial charge in [0.25, 0.3) is 11.7 Å². The van der Waals surface area contributed by atoms with Gasteiger partial charge in [-0.25, -0.2) is 0 Å². The molecule has 1 atom stereocenters. The van der Waals surface area contributed by atoms with Crippen LogP contribution in [0.1, 0.15) is 17.2 Å². The molecule has 3 aromatic rings. The van der Waals surface area contributed by atoms with Crippen LogP contribution in [-0.2, 0) is 9.59 Å². The van der Waals surface area contributed by atoms with Crippen LogP contribution >= 0.6 is 11.6 Å². The van der Waals surface area contributed by atoms with E-state index in [0.29, 0.717) is 33.6 Å². The lowest BCUT2D eigenvalue weighted by Gasteiger charge is -2.25. The third-order valence-electron chi connectivity index (χ3n) is 6.05. The first-order chi connectivity index (χ1) is 17.9. The summed E-state index contributed by atoms with van der Waals surface area (Å²) in [6, 6.07) is 17.8. The Balaban J connectivity index is 1.72. The lowest BCUT2D eigenvalue weighted by Crippen LogP contribution is -2.33. The summed E-state index contributed by atoms with van der Waals surface area (Å²) in [6.45, 7) is 0.212. The summed E-state index contributed by atoms with van der Waals surface area (Å²) in [4.78, 5) is 27.8. The fourth-order valence-electron chi connectivity index (χ4n) is 4.19. The molecule has 4 rings (SSSR count). The smallest absolute Gasteiger partial charge is 0.295 e. The minimum Gasteiger partial charge on any atom is -0.507 e. The van der Waals surface area contributed by atoms with Crippen LogP contribution in [-0.4, -0.2) is 56.2 Å². The van der Waals surface area contributed by atoms with Crippen LogP contribution in [0.3, 0.4) is 0 Å². The predicted molar refractivity (Wildman–Crippen MR) is 138 cm³/mol. The molecule has 0 aromatic heterocycles. The number of hydrogen-bond donors (Lipinski definition) is 1. The van der Waals surface area contributed by atoms with E-state index in [-0.39, 0.29) is 30.0 Å². The summed E-state index contributed by atoms with van der Waals surface area (Å²) in [5.41, 5.74) is 0.758. The third-order valence-corrected chi connectivity index (χ3v) is 6.28. The zero-order valence-corrected chi connectivity index (χ0v) is 21.3. The van der Waals surface area contributed by atoms with Crippen molar-refractivity contribution in [3.05, 3.63) is 88.5 Å². The summed E-state index contributed by atoms with van der Waals surface area (Å²) < 4.78 is 21.6. The number of carbonyl (C=O) groups excluding carboxylic acids is 2. The molecule has 0 bridgehead atoms. The van der Waals surface area contributed by atoms with E-state index in [2.05, 4.69) is 0 Å². The molecule has 1 unspecified atom stereocenters. The van der Waals surface area contributed by atoms with Crippen molar-refractivity contribution in [1.82, 2.24) is 4.90 Å². The number of ether oxygens (including phenoxy) is 4. The number of hydrogen-bond acceptors (Lipinski definition) is 7. The highest BCUT2D eigenvalue weighted by Crippen LogP contribution is 2.41. The van der Waals surface area contributed by atoms with E-state index in [1.165, 1.54) is 18.1 Å². The quantitative estimate of drug-likeness (QED) is 0.243. The van der Waals surface area contributed by atoms with Crippen molar-refractivity contribution in [2.24, 2.45) is 0 Å². The first-order valence-corrected chi connectivity index (χ1v) is 11.8. The molecule has 1 aliphatic heterocycles. The molecule has 192 valence electrons. The molecule has 1 saturated heterocycles. The lowest BCUT2D eigenvalue weighted by atomic mass is 9.95. The SMILES string of the molecule is COc1ccc(OCCN2C(=O)C(=O)/C(=C(/O)c3cc(Cl)ccc3OC)C2c2ccc(OC)cc2)cc1. The van der Waals surface area contributed by atoms with Crippen LogP contribution in [0.2, 0.25) is 5.02 Å². The molecular weight excluding hydrogens is 498 g/mol. The number of rotatable bonds is 9. The Kier molecular flexibility index (Phi) is 7.89. The Morgan fingerprint density at radius 2 is 1.46 bits per heavy atom. The molecule has 37 heavy (non-hydrogen) atoms. The Morgan fingerprint density at radius 3 is 2.05 bits per heavy atom. The first-order valence-electron chi connectivity index (χ1n) is 11.4. The van der Waals surface area contributed by atoms with Gasteiger partial charge in [0.05, 0.1) is 45.1 Å². The molecule has 1 amide bonds. The van der Waals surface area contributed by atoms with Crippen LogP contribution in [0.15, 0.2) is 72.3 Å². The number of Topliss-reactive ketones (excluding diaryl/α,β-unsaturated/α-hetero) is 1. The van der Waals surface area contributed by atoms with E-state index in [0.717, 1.165) is 0 Å². The summed E-state index contributed by atoms with van der Waals surface area (Å²) in [7, 11) is 4.56. The van der Waals surface area contributed by atoms with Gasteiger partial charge in [0.2, 0.25) is 0 Å². The normalized spacial score (nSPS) is 16.5. The van der Waals surface area contributed by atoms with Gasteiger partial charge >= 0.3 is 0 Å². The Morgan fingerprint density at radius 1 is 0.865 bits per heavy atom. The summed E-state index contributed by atoms with van der Waals surface area (Å²) in [5, 5.41) is 11.7. The van der Waals surface area contributed by atoms with Gasteiger partial charge in [-0.1, -0.05) is 23.7 Å². The van der Waals surface area contributed by atoms with Crippen molar-refractivity contribution in [3.63, 3.8) is 0 Å². The van der Waals surface area contributed by atoms with E-state index in [9.17, 15) is 14.7 Å². The standard InChI is InChI=1S/C28H26ClNO7/c1-34-19-7-4-17(5-8-19)25-24(26(31)22-16-18(29)6-13-23(22)36-3)27(32)28(33)30(25)14-15-37-21-11-9-20(35-2)10-12-21/h4-13,16,25,31H,14-15H2,1-3H3/b26-24+. The average molecular weight is 524 g/mol. The zero-order chi connectivity index (χ0) is 26.5. The lowest BCUT2D eigenvalue weighted by molar-refractivity contribution is -0.140. The molecule has 1 heterocycles. The van der Waals surface area contributed by atoms with Crippen molar-refractivity contribution < 1.29 is 33.6 Å². The number of methoxy groups -OCH3 is 3. The number of likely N-dealkylation sites (tertiary alicyclic amines) is 1. The number of carbonyl (C=O) groups is 2. The van der Waals surface area contributed by atoms with E-state index in [1.54, 1.807) is 74.9 Å². The highest BCUT2D eigenvalue weighted by Gasteiger charge is 2.46. The molecule has 0 radical (unpaired) electrons. The Labute approximate surface area is 219 Å². The van der Waals surface area contributed by atoms with Crippen molar-refractivity contribution in [2.45, 2.75) is 6.04 Å². The van der Waals surface area contributed by atoms with Gasteiger partial charge in [0, 0.05) is 5.02 Å². The van der Waals surface area contributed by atoms with Crippen LogP contribution in [0.25, 0.3) is 5.76 Å². The Bertz CT molecular complexity index is 1320. The van der Waals surface area contributed by atoms with Gasteiger partial charge in [0.1, 0.15) is 35.4 Å². The fraction of sp³-hybridized carbons (Fsp3) is 0.214.